The summed E-state index contributed by atoms with van der Waals surface area (Å²) in [6.45, 7) is 4.03. The fraction of sp³-hybridized carbons (Fsp3) is 0.727. The molecule has 0 saturated carbocycles. The number of nitrogens with zero attached hydrogens (tertiary/aromatic N) is 1. The Balaban J connectivity index is 2.60. The van der Waals surface area contributed by atoms with Crippen LogP contribution in [0.15, 0.2) is 0 Å². The summed E-state index contributed by atoms with van der Waals surface area (Å²) in [6.07, 6.45) is 0.884. The number of likely N-dealkylation sites (N-methyl/N-ethyl adjacent to an activating group) is 1. The van der Waals surface area contributed by atoms with Crippen molar-refractivity contribution in [2.45, 2.75) is 38.8 Å². The molecule has 6 heteroatoms. The Bertz CT molecular complexity index is 330. The quantitative estimate of drug-likeness (QED) is 0.621. The van der Waals surface area contributed by atoms with E-state index in [-0.39, 0.29) is 24.1 Å². The van der Waals surface area contributed by atoms with Gasteiger partial charge in [0.25, 0.3) is 0 Å². The van der Waals surface area contributed by atoms with Gasteiger partial charge in [0.15, 0.2) is 0 Å². The molecule has 0 spiro atoms. The zero-order valence-corrected chi connectivity index (χ0v) is 10.4. The van der Waals surface area contributed by atoms with Gasteiger partial charge in [0, 0.05) is 13.6 Å². The minimum absolute atomic E-state index is 0.139. The van der Waals surface area contributed by atoms with Crippen LogP contribution >= 0.6 is 0 Å². The molecule has 1 heterocycles. The molecule has 1 rings (SSSR count). The molecule has 96 valence electrons. The number of hydrogen-bond donors (Lipinski definition) is 2. The molecule has 1 saturated heterocycles. The third-order valence-electron chi connectivity index (χ3n) is 2.78. The zero-order chi connectivity index (χ0) is 13.0. The minimum Gasteiger partial charge on any atom is -0.358 e. The standard InChI is InChI=1S/C11H19N3O3/c1-4-5-14-9(15)6-8(11(14)17)13-7(2)10(16)12-3/h7-8,13H,4-6H2,1-3H3,(H,12,16). The number of carbonyl (C=O) groups excluding carboxylic acids is 3. The zero-order valence-electron chi connectivity index (χ0n) is 10.4. The Hall–Kier alpha value is -1.43. The second kappa shape index (κ2) is 5.77. The Morgan fingerprint density at radius 3 is 2.71 bits per heavy atom. The first-order valence-electron chi connectivity index (χ1n) is 5.83. The molecule has 0 aromatic heterocycles. The largest absolute Gasteiger partial charge is 0.358 e. The highest BCUT2D eigenvalue weighted by Crippen LogP contribution is 2.13. The first kappa shape index (κ1) is 13.6. The molecule has 0 aromatic carbocycles. The highest BCUT2D eigenvalue weighted by molar-refractivity contribution is 6.05. The third-order valence-corrected chi connectivity index (χ3v) is 2.78. The fourth-order valence-corrected chi connectivity index (χ4v) is 1.87. The molecule has 1 aliphatic heterocycles. The average Bonchev–Trinajstić information content (AvgIpc) is 2.56. The number of nitrogens with one attached hydrogen (secondary N) is 2. The molecule has 0 bridgehead atoms. The number of amides is 3. The van der Waals surface area contributed by atoms with Crippen LogP contribution in [-0.4, -0.2) is 48.3 Å². The predicted octanol–water partition coefficient (Wildman–Crippen LogP) is -0.752. The van der Waals surface area contributed by atoms with E-state index in [4.69, 9.17) is 0 Å². The molecule has 0 aliphatic carbocycles. The van der Waals surface area contributed by atoms with Crippen molar-refractivity contribution < 1.29 is 14.4 Å². The lowest BCUT2D eigenvalue weighted by molar-refractivity contribution is -0.138. The lowest BCUT2D eigenvalue weighted by atomic mass is 10.2. The van der Waals surface area contributed by atoms with E-state index in [0.29, 0.717) is 6.54 Å². The van der Waals surface area contributed by atoms with Gasteiger partial charge in [0.05, 0.1) is 18.5 Å². The van der Waals surface area contributed by atoms with Gasteiger partial charge in [-0.25, -0.2) is 0 Å². The summed E-state index contributed by atoms with van der Waals surface area (Å²) in [6, 6.07) is -1.05. The van der Waals surface area contributed by atoms with Crippen molar-refractivity contribution in [1.29, 1.82) is 0 Å². The molecule has 2 N–H and O–H groups in total. The number of carbonyl (C=O) groups is 3. The van der Waals surface area contributed by atoms with Gasteiger partial charge in [0.2, 0.25) is 17.7 Å². The van der Waals surface area contributed by atoms with E-state index in [0.717, 1.165) is 6.42 Å². The maximum atomic E-state index is 11.9. The third kappa shape index (κ3) is 3.03. The summed E-state index contributed by atoms with van der Waals surface area (Å²) in [4.78, 5) is 36.0. The molecule has 17 heavy (non-hydrogen) atoms. The number of likely N-dealkylation sites (tertiary alicyclic amines) is 1. The van der Waals surface area contributed by atoms with Gasteiger partial charge in [-0.1, -0.05) is 6.92 Å². The van der Waals surface area contributed by atoms with Gasteiger partial charge < -0.3 is 5.32 Å². The summed E-state index contributed by atoms with van der Waals surface area (Å²) in [5.41, 5.74) is 0. The fourth-order valence-electron chi connectivity index (χ4n) is 1.87. The number of hydrogen-bond acceptors (Lipinski definition) is 4. The molecule has 2 atom stereocenters. The van der Waals surface area contributed by atoms with Crippen LogP contribution in [0.4, 0.5) is 0 Å². The molecule has 6 nitrogen and oxygen atoms in total. The van der Waals surface area contributed by atoms with Crippen LogP contribution in [0.5, 0.6) is 0 Å². The van der Waals surface area contributed by atoms with Gasteiger partial charge in [-0.2, -0.15) is 0 Å². The van der Waals surface area contributed by atoms with Gasteiger partial charge in [-0.3, -0.25) is 24.6 Å². The van der Waals surface area contributed by atoms with Gasteiger partial charge >= 0.3 is 0 Å². The molecular formula is C11H19N3O3. The molecule has 2 unspecified atom stereocenters. The van der Waals surface area contributed by atoms with Crippen molar-refractivity contribution in [1.82, 2.24) is 15.5 Å². The molecule has 1 aliphatic rings. The van der Waals surface area contributed by atoms with E-state index in [9.17, 15) is 14.4 Å². The predicted molar refractivity (Wildman–Crippen MR) is 62.1 cm³/mol. The summed E-state index contributed by atoms with van der Waals surface area (Å²) in [5, 5.41) is 5.36. The maximum absolute atomic E-state index is 11.9. The van der Waals surface area contributed by atoms with E-state index in [1.54, 1.807) is 6.92 Å². The number of rotatable bonds is 5. The first-order valence-corrected chi connectivity index (χ1v) is 5.83. The second-order valence-corrected chi connectivity index (χ2v) is 4.14. The Morgan fingerprint density at radius 1 is 1.53 bits per heavy atom. The van der Waals surface area contributed by atoms with Crippen LogP contribution in [-0.2, 0) is 14.4 Å². The van der Waals surface area contributed by atoms with Crippen molar-refractivity contribution in [2.24, 2.45) is 0 Å². The van der Waals surface area contributed by atoms with Crippen LogP contribution in [0.25, 0.3) is 0 Å². The summed E-state index contributed by atoms with van der Waals surface area (Å²) in [7, 11) is 1.53. The smallest absolute Gasteiger partial charge is 0.246 e. The summed E-state index contributed by atoms with van der Waals surface area (Å²) < 4.78 is 0. The van der Waals surface area contributed by atoms with E-state index < -0.39 is 12.1 Å². The van der Waals surface area contributed by atoms with Gasteiger partial charge in [0.1, 0.15) is 0 Å². The van der Waals surface area contributed by atoms with Crippen LogP contribution in [0, 0.1) is 0 Å². The van der Waals surface area contributed by atoms with Crippen molar-refractivity contribution in [3.63, 3.8) is 0 Å². The Labute approximate surface area is 101 Å². The van der Waals surface area contributed by atoms with E-state index in [1.165, 1.54) is 11.9 Å². The lowest BCUT2D eigenvalue weighted by Crippen LogP contribution is -2.48. The average molecular weight is 241 g/mol. The van der Waals surface area contributed by atoms with Crippen molar-refractivity contribution in [3.8, 4) is 0 Å². The second-order valence-electron chi connectivity index (χ2n) is 4.14. The van der Waals surface area contributed by atoms with Crippen LogP contribution < -0.4 is 10.6 Å². The summed E-state index contributed by atoms with van der Waals surface area (Å²) in [5.74, 6) is -0.592. The van der Waals surface area contributed by atoms with Gasteiger partial charge in [-0.05, 0) is 13.3 Å². The van der Waals surface area contributed by atoms with Crippen LogP contribution in [0.1, 0.15) is 26.7 Å². The normalized spacial score (nSPS) is 21.8. The van der Waals surface area contributed by atoms with Crippen molar-refractivity contribution in [2.75, 3.05) is 13.6 Å². The number of imide groups is 1. The molecule has 3 amide bonds. The van der Waals surface area contributed by atoms with Crippen molar-refractivity contribution in [3.05, 3.63) is 0 Å². The monoisotopic (exact) mass is 241 g/mol. The van der Waals surface area contributed by atoms with E-state index in [1.807, 2.05) is 6.92 Å². The minimum atomic E-state index is -0.568. The molecule has 0 aromatic rings. The summed E-state index contributed by atoms with van der Waals surface area (Å²) >= 11 is 0. The topological polar surface area (TPSA) is 78.5 Å². The van der Waals surface area contributed by atoms with Gasteiger partial charge in [-0.15, -0.1) is 0 Å². The van der Waals surface area contributed by atoms with E-state index in [2.05, 4.69) is 10.6 Å². The highest BCUT2D eigenvalue weighted by atomic mass is 16.2. The molecular weight excluding hydrogens is 222 g/mol. The highest BCUT2D eigenvalue weighted by Gasteiger charge is 2.38. The Morgan fingerprint density at radius 2 is 2.18 bits per heavy atom. The van der Waals surface area contributed by atoms with Crippen LogP contribution in [0.2, 0.25) is 0 Å². The molecule has 0 radical (unpaired) electrons. The SMILES string of the molecule is CCCN1C(=O)CC(NC(C)C(=O)NC)C1=O. The molecule has 1 fully saturated rings. The maximum Gasteiger partial charge on any atom is 0.246 e. The first-order chi connectivity index (χ1) is 8.01. The van der Waals surface area contributed by atoms with Crippen molar-refractivity contribution >= 4 is 17.7 Å². The lowest BCUT2D eigenvalue weighted by Gasteiger charge is -2.17. The van der Waals surface area contributed by atoms with Crippen LogP contribution in [0.3, 0.4) is 0 Å². The van der Waals surface area contributed by atoms with E-state index >= 15 is 0 Å². The Kier molecular flexibility index (Phi) is 4.62.